The Morgan fingerprint density at radius 3 is 2.90 bits per heavy atom. The standard InChI is InChI=1S/C16H23FN5O7P/c1-5-25-11-9-10(20-14(18)21-11)22(7-19-9)13-15(4,23)12-16(17,27-13)6-26-30(24,29-12)28-8(2)3/h7-8,12-13,23H,5-6H2,1-4H3,(H2,18,20,21)/t12-,13?,15+,16+,30?/m0/s1. The Kier molecular flexibility index (Phi) is 5.03. The van der Waals surface area contributed by atoms with Crippen molar-refractivity contribution in [1.82, 2.24) is 19.5 Å². The third kappa shape index (κ3) is 3.35. The van der Waals surface area contributed by atoms with Crippen LogP contribution in [-0.4, -0.2) is 61.5 Å². The second-order valence-corrected chi connectivity index (χ2v) is 9.06. The summed E-state index contributed by atoms with van der Waals surface area (Å²) in [6.45, 7) is 5.83. The Labute approximate surface area is 171 Å². The van der Waals surface area contributed by atoms with Gasteiger partial charge in [0.05, 0.1) is 19.0 Å². The lowest BCUT2D eigenvalue weighted by atomic mass is 9.95. The summed E-state index contributed by atoms with van der Waals surface area (Å²) in [5.41, 5.74) is 4.15. The molecule has 0 radical (unpaired) electrons. The Balaban J connectivity index is 1.74. The molecule has 0 aliphatic carbocycles. The van der Waals surface area contributed by atoms with Crippen LogP contribution in [0.3, 0.4) is 0 Å². The molecule has 2 aromatic heterocycles. The number of nitrogens with two attached hydrogens (primary N) is 1. The maximum Gasteiger partial charge on any atom is 0.475 e. The molecule has 166 valence electrons. The summed E-state index contributed by atoms with van der Waals surface area (Å²) in [5.74, 6) is -2.56. The smallest absolute Gasteiger partial charge is 0.475 e. The van der Waals surface area contributed by atoms with Crippen LogP contribution >= 0.6 is 7.82 Å². The number of ether oxygens (including phenoxy) is 2. The van der Waals surface area contributed by atoms with Crippen molar-refractivity contribution in [2.75, 3.05) is 18.9 Å². The van der Waals surface area contributed by atoms with Gasteiger partial charge >= 0.3 is 7.82 Å². The number of nitrogens with zero attached hydrogens (tertiary/aromatic N) is 4. The maximum atomic E-state index is 15.5. The Bertz CT molecular complexity index is 1020. The van der Waals surface area contributed by atoms with E-state index >= 15 is 4.39 Å². The van der Waals surface area contributed by atoms with Crippen molar-refractivity contribution in [1.29, 1.82) is 0 Å². The predicted octanol–water partition coefficient (Wildman–Crippen LogP) is 1.70. The Hall–Kier alpha value is -1.89. The van der Waals surface area contributed by atoms with Crippen molar-refractivity contribution in [3.63, 3.8) is 0 Å². The average molecular weight is 447 g/mol. The van der Waals surface area contributed by atoms with Gasteiger partial charge in [-0.2, -0.15) is 9.97 Å². The molecule has 2 aliphatic heterocycles. The molecule has 2 unspecified atom stereocenters. The van der Waals surface area contributed by atoms with Crippen LogP contribution in [0.15, 0.2) is 6.33 Å². The summed E-state index contributed by atoms with van der Waals surface area (Å²) in [7, 11) is -4.11. The number of aliphatic hydroxyl groups is 1. The largest absolute Gasteiger partial charge is 0.476 e. The summed E-state index contributed by atoms with van der Waals surface area (Å²) in [6.07, 6.45) is -2.27. The third-order valence-electron chi connectivity index (χ3n) is 4.66. The van der Waals surface area contributed by atoms with Crippen LogP contribution in [0.5, 0.6) is 5.88 Å². The fourth-order valence-electron chi connectivity index (χ4n) is 3.52. The molecule has 2 saturated heterocycles. The number of halogens is 1. The van der Waals surface area contributed by atoms with Gasteiger partial charge in [-0.25, -0.2) is 13.9 Å². The maximum absolute atomic E-state index is 15.5. The van der Waals surface area contributed by atoms with Gasteiger partial charge in [0.2, 0.25) is 11.8 Å². The molecule has 2 aromatic rings. The number of fused-ring (bicyclic) bond motifs is 2. The number of hydrogen-bond acceptors (Lipinski definition) is 11. The molecule has 12 nitrogen and oxygen atoms in total. The van der Waals surface area contributed by atoms with Crippen molar-refractivity contribution in [2.45, 2.75) is 57.6 Å². The van der Waals surface area contributed by atoms with E-state index in [0.717, 1.165) is 0 Å². The van der Waals surface area contributed by atoms with E-state index in [1.807, 2.05) is 0 Å². The van der Waals surface area contributed by atoms with Crippen LogP contribution < -0.4 is 10.5 Å². The van der Waals surface area contributed by atoms with Gasteiger partial charge in [0.15, 0.2) is 23.5 Å². The first-order valence-electron chi connectivity index (χ1n) is 9.32. The van der Waals surface area contributed by atoms with Crippen molar-refractivity contribution in [3.8, 4) is 5.88 Å². The molecule has 0 spiro atoms. The monoisotopic (exact) mass is 447 g/mol. The normalized spacial score (nSPS) is 36.4. The third-order valence-corrected chi connectivity index (χ3v) is 6.26. The van der Waals surface area contributed by atoms with Crippen molar-refractivity contribution in [3.05, 3.63) is 6.33 Å². The molecular formula is C16H23FN5O7P. The van der Waals surface area contributed by atoms with Crippen LogP contribution in [0.1, 0.15) is 33.9 Å². The fraction of sp³-hybridized carbons (Fsp3) is 0.688. The van der Waals surface area contributed by atoms with E-state index in [1.165, 1.54) is 17.8 Å². The van der Waals surface area contributed by atoms with E-state index in [-0.39, 0.29) is 23.0 Å². The van der Waals surface area contributed by atoms with E-state index < -0.39 is 44.3 Å². The number of phosphoric acid groups is 1. The van der Waals surface area contributed by atoms with Gasteiger partial charge in [-0.1, -0.05) is 0 Å². The van der Waals surface area contributed by atoms with Gasteiger partial charge in [-0.15, -0.1) is 0 Å². The highest BCUT2D eigenvalue weighted by molar-refractivity contribution is 7.48. The summed E-state index contributed by atoms with van der Waals surface area (Å²) < 4.78 is 55.9. The molecule has 3 N–H and O–H groups in total. The zero-order chi connectivity index (χ0) is 21.9. The number of anilines is 1. The minimum absolute atomic E-state index is 0.105. The SMILES string of the molecule is CCOc1nc(N)nc2c1ncn2C1O[C@]2(F)COP(=O)(OC(C)C)O[C@H]2[C@@]1(C)O. The van der Waals surface area contributed by atoms with Crippen LogP contribution in [0, 0.1) is 0 Å². The quantitative estimate of drug-likeness (QED) is 0.644. The number of aromatic nitrogens is 4. The molecular weight excluding hydrogens is 424 g/mol. The first-order chi connectivity index (χ1) is 14.0. The second-order valence-electron chi connectivity index (χ2n) is 7.49. The summed E-state index contributed by atoms with van der Waals surface area (Å²) in [4.78, 5) is 12.3. The molecule has 0 aromatic carbocycles. The number of alkyl halides is 1. The number of phosphoric ester groups is 1. The van der Waals surface area contributed by atoms with E-state index in [4.69, 9.17) is 28.8 Å². The molecule has 14 heteroatoms. The van der Waals surface area contributed by atoms with E-state index in [2.05, 4.69) is 15.0 Å². The van der Waals surface area contributed by atoms with Crippen molar-refractivity contribution >= 4 is 24.9 Å². The molecule has 0 amide bonds. The number of imidazole rings is 1. The van der Waals surface area contributed by atoms with E-state index in [0.29, 0.717) is 6.61 Å². The van der Waals surface area contributed by atoms with Crippen LogP contribution in [0.4, 0.5) is 10.3 Å². The Morgan fingerprint density at radius 1 is 1.50 bits per heavy atom. The predicted molar refractivity (Wildman–Crippen MR) is 100 cm³/mol. The first kappa shape index (κ1) is 21.3. The topological polar surface area (TPSA) is 153 Å². The minimum Gasteiger partial charge on any atom is -0.476 e. The lowest BCUT2D eigenvalue weighted by Gasteiger charge is -2.37. The molecule has 0 bridgehead atoms. The zero-order valence-electron chi connectivity index (χ0n) is 16.8. The lowest BCUT2D eigenvalue weighted by molar-refractivity contribution is -0.220. The second kappa shape index (κ2) is 7.08. The minimum atomic E-state index is -4.11. The van der Waals surface area contributed by atoms with Gasteiger partial charge in [0.1, 0.15) is 12.2 Å². The molecule has 4 rings (SSSR count). The van der Waals surface area contributed by atoms with Gasteiger partial charge < -0.3 is 20.3 Å². The fourth-order valence-corrected chi connectivity index (χ4v) is 5.17. The molecule has 0 saturated carbocycles. The molecule has 2 fully saturated rings. The lowest BCUT2D eigenvalue weighted by Crippen LogP contribution is -2.52. The molecule has 4 heterocycles. The highest BCUT2D eigenvalue weighted by atomic mass is 31.2. The highest BCUT2D eigenvalue weighted by Gasteiger charge is 2.69. The Morgan fingerprint density at radius 2 is 2.23 bits per heavy atom. The summed E-state index contributed by atoms with van der Waals surface area (Å²) >= 11 is 0. The molecule has 5 atom stereocenters. The van der Waals surface area contributed by atoms with Crippen LogP contribution in [0.25, 0.3) is 11.2 Å². The summed E-state index contributed by atoms with van der Waals surface area (Å²) in [6, 6.07) is 0. The van der Waals surface area contributed by atoms with E-state index in [1.54, 1.807) is 20.8 Å². The summed E-state index contributed by atoms with van der Waals surface area (Å²) in [5, 5.41) is 11.2. The molecule has 2 aliphatic rings. The highest BCUT2D eigenvalue weighted by Crippen LogP contribution is 2.62. The van der Waals surface area contributed by atoms with Crippen LogP contribution in [-0.2, 0) is 22.9 Å². The van der Waals surface area contributed by atoms with Gasteiger partial charge in [0.25, 0.3) is 5.85 Å². The zero-order valence-corrected chi connectivity index (χ0v) is 17.7. The first-order valence-corrected chi connectivity index (χ1v) is 10.8. The van der Waals surface area contributed by atoms with Crippen LogP contribution in [0.2, 0.25) is 0 Å². The van der Waals surface area contributed by atoms with Crippen molar-refractivity contribution in [2.24, 2.45) is 0 Å². The number of hydrogen-bond donors (Lipinski definition) is 2. The average Bonchev–Trinajstić information content (AvgIpc) is 3.13. The van der Waals surface area contributed by atoms with Gasteiger partial charge in [-0.05, 0) is 27.7 Å². The van der Waals surface area contributed by atoms with E-state index in [9.17, 15) is 9.67 Å². The van der Waals surface area contributed by atoms with Gasteiger partial charge in [0, 0.05) is 0 Å². The number of nitrogen functional groups attached to an aromatic ring is 1. The van der Waals surface area contributed by atoms with Crippen molar-refractivity contribution < 1.29 is 37.1 Å². The van der Waals surface area contributed by atoms with Gasteiger partial charge in [-0.3, -0.25) is 18.1 Å². The molecule has 30 heavy (non-hydrogen) atoms. The number of rotatable bonds is 5.